The molecule has 1 N–H and O–H groups in total. The van der Waals surface area contributed by atoms with Crippen LogP contribution in [0.4, 0.5) is 0 Å². The number of hydrogen-bond donors (Lipinski definition) is 1. The van der Waals surface area contributed by atoms with Crippen molar-refractivity contribution in [2.45, 2.75) is 83.2 Å². The van der Waals surface area contributed by atoms with Crippen LogP contribution in [0.3, 0.4) is 0 Å². The van der Waals surface area contributed by atoms with Crippen molar-refractivity contribution >= 4 is 9.84 Å². The molecule has 1 rings (SSSR count). The summed E-state index contributed by atoms with van der Waals surface area (Å²) in [7, 11) is -3.31. The van der Waals surface area contributed by atoms with Gasteiger partial charge in [-0.2, -0.15) is 0 Å². The van der Waals surface area contributed by atoms with Gasteiger partial charge in [0.15, 0.2) is 0 Å². The Kier molecular flexibility index (Phi) is 8.57. The van der Waals surface area contributed by atoms with Crippen molar-refractivity contribution < 1.29 is 8.42 Å². The van der Waals surface area contributed by atoms with Crippen molar-refractivity contribution in [3.8, 4) is 0 Å². The molecule has 0 bridgehead atoms. The number of unbranched alkanes of at least 4 members (excludes halogenated alkanes) is 7. The van der Waals surface area contributed by atoms with E-state index in [2.05, 4.69) is 22.1 Å². The van der Waals surface area contributed by atoms with Gasteiger partial charge >= 0.3 is 0 Å². The monoisotopic (exact) mass is 315 g/mol. The molecule has 0 aliphatic rings. The lowest BCUT2D eigenvalue weighted by molar-refractivity contribution is 0.568. The van der Waals surface area contributed by atoms with E-state index in [4.69, 9.17) is 0 Å². The van der Waals surface area contributed by atoms with Gasteiger partial charge in [-0.25, -0.2) is 13.4 Å². The van der Waals surface area contributed by atoms with Crippen molar-refractivity contribution in [1.29, 1.82) is 0 Å². The third kappa shape index (κ3) is 7.07. The van der Waals surface area contributed by atoms with Crippen LogP contribution in [0.2, 0.25) is 0 Å². The summed E-state index contributed by atoms with van der Waals surface area (Å²) < 4.78 is 24.2. The molecule has 0 aromatic carbocycles. The molecule has 1 aromatic heterocycles. The Hall–Kier alpha value is -0.910. The first-order valence-corrected chi connectivity index (χ1v) is 9.89. The van der Waals surface area contributed by atoms with E-state index in [0.29, 0.717) is 12.2 Å². The average Bonchev–Trinajstić information content (AvgIpc) is 2.92. The van der Waals surface area contributed by atoms with E-state index in [-0.39, 0.29) is 10.9 Å². The largest absolute Gasteiger partial charge is 0.266 e. The van der Waals surface area contributed by atoms with Crippen LogP contribution in [0.15, 0.2) is 5.16 Å². The van der Waals surface area contributed by atoms with Crippen molar-refractivity contribution in [3.05, 3.63) is 5.82 Å². The molecule has 0 radical (unpaired) electrons. The molecule has 6 heteroatoms. The van der Waals surface area contributed by atoms with Gasteiger partial charge in [-0.3, -0.25) is 5.10 Å². The van der Waals surface area contributed by atoms with Crippen LogP contribution < -0.4 is 0 Å². The summed E-state index contributed by atoms with van der Waals surface area (Å²) in [4.78, 5) is 4.07. The summed E-state index contributed by atoms with van der Waals surface area (Å²) in [5, 5.41) is 6.50. The predicted octanol–water partition coefficient (Wildman–Crippen LogP) is 3.67. The fraction of sp³-hybridized carbons (Fsp3) is 0.867. The fourth-order valence-electron chi connectivity index (χ4n) is 2.28. The summed E-state index contributed by atoms with van der Waals surface area (Å²) in [6.45, 7) is 4.23. The van der Waals surface area contributed by atoms with Gasteiger partial charge in [0, 0.05) is 6.42 Å². The molecule has 0 aliphatic heterocycles. The van der Waals surface area contributed by atoms with Crippen LogP contribution in [0.5, 0.6) is 0 Å². The maximum absolute atomic E-state index is 12.1. The van der Waals surface area contributed by atoms with Crippen LogP contribution in [0.1, 0.15) is 77.5 Å². The number of H-pyrrole nitrogens is 1. The zero-order valence-corrected chi connectivity index (χ0v) is 14.2. The number of nitrogens with zero attached hydrogens (tertiary/aromatic N) is 2. The molecule has 0 aliphatic carbocycles. The first-order chi connectivity index (χ1) is 10.1. The van der Waals surface area contributed by atoms with Gasteiger partial charge in [-0.1, -0.05) is 58.8 Å². The summed E-state index contributed by atoms with van der Waals surface area (Å²) >= 11 is 0. The Morgan fingerprint density at radius 1 is 0.905 bits per heavy atom. The van der Waals surface area contributed by atoms with Crippen LogP contribution >= 0.6 is 0 Å². The smallest absolute Gasteiger partial charge is 0.262 e. The Morgan fingerprint density at radius 2 is 1.52 bits per heavy atom. The molecule has 0 amide bonds. The number of hydrogen-bond acceptors (Lipinski definition) is 4. The first kappa shape index (κ1) is 18.1. The summed E-state index contributed by atoms with van der Waals surface area (Å²) in [6, 6.07) is 0. The van der Waals surface area contributed by atoms with Crippen molar-refractivity contribution in [2.75, 3.05) is 5.75 Å². The quantitative estimate of drug-likeness (QED) is 0.597. The summed E-state index contributed by atoms with van der Waals surface area (Å²) in [6.07, 6.45) is 10.8. The Balaban J connectivity index is 2.23. The highest BCUT2D eigenvalue weighted by Crippen LogP contribution is 2.12. The maximum Gasteiger partial charge on any atom is 0.266 e. The molecular formula is C15H29N3O2S. The van der Waals surface area contributed by atoms with Crippen molar-refractivity contribution in [2.24, 2.45) is 0 Å². The van der Waals surface area contributed by atoms with Gasteiger partial charge in [0.25, 0.3) is 5.16 Å². The predicted molar refractivity (Wildman–Crippen MR) is 85.0 cm³/mol. The Labute approximate surface area is 128 Å². The van der Waals surface area contributed by atoms with Crippen LogP contribution in [-0.4, -0.2) is 29.4 Å². The molecule has 1 heterocycles. The highest BCUT2D eigenvalue weighted by molar-refractivity contribution is 7.91. The number of sulfone groups is 1. The van der Waals surface area contributed by atoms with E-state index in [1.165, 1.54) is 32.1 Å². The molecule has 5 nitrogen and oxygen atoms in total. The minimum absolute atomic E-state index is 0.0334. The van der Waals surface area contributed by atoms with Crippen LogP contribution in [0, 0.1) is 0 Å². The molecule has 122 valence electrons. The Bertz CT molecular complexity index is 483. The van der Waals surface area contributed by atoms with Crippen molar-refractivity contribution in [1.82, 2.24) is 15.2 Å². The van der Waals surface area contributed by atoms with E-state index in [9.17, 15) is 8.42 Å². The second kappa shape index (κ2) is 9.92. The lowest BCUT2D eigenvalue weighted by atomic mass is 10.1. The zero-order valence-electron chi connectivity index (χ0n) is 13.4. The van der Waals surface area contributed by atoms with E-state index >= 15 is 0 Å². The molecule has 0 spiro atoms. The van der Waals surface area contributed by atoms with Gasteiger partial charge in [-0.05, 0) is 12.8 Å². The number of aromatic nitrogens is 3. The van der Waals surface area contributed by atoms with E-state index in [0.717, 1.165) is 25.7 Å². The van der Waals surface area contributed by atoms with Gasteiger partial charge in [0.2, 0.25) is 9.84 Å². The number of nitrogens with one attached hydrogen (secondary N) is 1. The highest BCUT2D eigenvalue weighted by atomic mass is 32.2. The lowest BCUT2D eigenvalue weighted by Gasteiger charge is -2.01. The number of aryl methyl sites for hydroxylation is 1. The molecular weight excluding hydrogens is 286 g/mol. The van der Waals surface area contributed by atoms with Gasteiger partial charge < -0.3 is 0 Å². The molecule has 0 saturated heterocycles. The Morgan fingerprint density at radius 3 is 2.14 bits per heavy atom. The van der Waals surface area contributed by atoms with E-state index < -0.39 is 9.84 Å². The normalized spacial score (nSPS) is 11.9. The van der Waals surface area contributed by atoms with Gasteiger partial charge in [-0.15, -0.1) is 5.10 Å². The van der Waals surface area contributed by atoms with E-state index in [1.54, 1.807) is 0 Å². The SMILES string of the molecule is CCCCCCCCCCS(=O)(=O)c1n[nH]c(CCC)n1. The molecule has 0 unspecified atom stereocenters. The van der Waals surface area contributed by atoms with Crippen LogP contribution in [0.25, 0.3) is 0 Å². The first-order valence-electron chi connectivity index (χ1n) is 8.24. The maximum atomic E-state index is 12.1. The van der Waals surface area contributed by atoms with Crippen molar-refractivity contribution in [3.63, 3.8) is 0 Å². The summed E-state index contributed by atoms with van der Waals surface area (Å²) in [5.74, 6) is 0.817. The lowest BCUT2D eigenvalue weighted by Crippen LogP contribution is -2.09. The van der Waals surface area contributed by atoms with E-state index in [1.807, 2.05) is 6.92 Å². The van der Waals surface area contributed by atoms with Gasteiger partial charge in [0.05, 0.1) is 5.75 Å². The number of rotatable bonds is 12. The molecule has 1 aromatic rings. The number of aromatic amines is 1. The topological polar surface area (TPSA) is 75.7 Å². The standard InChI is InChI=1S/C15H29N3O2S/c1-3-5-6-7-8-9-10-11-13-21(19,20)15-16-14(12-4-2)17-18-15/h3-13H2,1-2H3,(H,16,17,18). The minimum Gasteiger partial charge on any atom is -0.262 e. The third-order valence-electron chi connectivity index (χ3n) is 3.54. The molecule has 21 heavy (non-hydrogen) atoms. The molecule has 0 fully saturated rings. The molecule has 0 atom stereocenters. The zero-order chi connectivity index (χ0) is 15.6. The highest BCUT2D eigenvalue weighted by Gasteiger charge is 2.19. The fourth-order valence-corrected chi connectivity index (χ4v) is 3.48. The van der Waals surface area contributed by atoms with Crippen LogP contribution in [-0.2, 0) is 16.3 Å². The summed E-state index contributed by atoms with van der Waals surface area (Å²) in [5.41, 5.74) is 0. The third-order valence-corrected chi connectivity index (χ3v) is 5.11. The minimum atomic E-state index is -3.31. The second-order valence-electron chi connectivity index (χ2n) is 5.61. The van der Waals surface area contributed by atoms with Gasteiger partial charge in [0.1, 0.15) is 5.82 Å². The average molecular weight is 315 g/mol. The molecule has 0 saturated carbocycles. The second-order valence-corrected chi connectivity index (χ2v) is 7.61.